The van der Waals surface area contributed by atoms with Gasteiger partial charge in [-0.1, -0.05) is 43.4 Å². The molecule has 11 heavy (non-hydrogen) atoms. The summed E-state index contributed by atoms with van der Waals surface area (Å²) < 4.78 is 0.497. The molecular formula is C9H20IP. The fraction of sp³-hybridized carbons (Fsp3) is 1.00. The fourth-order valence-corrected chi connectivity index (χ4v) is 1.77. The Morgan fingerprint density at radius 3 is 2.09 bits per heavy atom. The van der Waals surface area contributed by atoms with Gasteiger partial charge in [-0.05, 0) is 31.8 Å². The first-order valence-electron chi connectivity index (χ1n) is 4.18. The molecule has 68 valence electrons. The second-order valence-corrected chi connectivity index (χ2v) is 9.80. The van der Waals surface area contributed by atoms with E-state index >= 15 is 0 Å². The van der Waals surface area contributed by atoms with Crippen molar-refractivity contribution in [1.82, 2.24) is 0 Å². The summed E-state index contributed by atoms with van der Waals surface area (Å²) >= 11 is 2.54. The maximum atomic E-state index is 2.54. The highest BCUT2D eigenvalue weighted by molar-refractivity contribution is 14.1. The first-order valence-corrected chi connectivity index (χ1v) is 7.56. The van der Waals surface area contributed by atoms with Crippen LogP contribution in [0.4, 0.5) is 0 Å². The van der Waals surface area contributed by atoms with Gasteiger partial charge < -0.3 is 0 Å². The minimum Gasteiger partial charge on any atom is -0.110 e. The van der Waals surface area contributed by atoms with Crippen LogP contribution in [0.15, 0.2) is 0 Å². The Bertz CT molecular complexity index is 105. The Balaban J connectivity index is 3.54. The van der Waals surface area contributed by atoms with Gasteiger partial charge in [0.1, 0.15) is 0 Å². The van der Waals surface area contributed by atoms with Crippen LogP contribution in [-0.2, 0) is 0 Å². The molecule has 0 N–H and O–H groups in total. The third-order valence-corrected chi connectivity index (χ3v) is 4.60. The van der Waals surface area contributed by atoms with Crippen LogP contribution in [0.25, 0.3) is 0 Å². The molecule has 0 aromatic carbocycles. The summed E-state index contributed by atoms with van der Waals surface area (Å²) in [6.07, 6.45) is 2.75. The number of rotatable bonds is 4. The van der Waals surface area contributed by atoms with Crippen LogP contribution in [0.2, 0.25) is 0 Å². The Labute approximate surface area is 86.4 Å². The van der Waals surface area contributed by atoms with Crippen molar-refractivity contribution >= 4 is 30.5 Å². The average molecular weight is 286 g/mol. The van der Waals surface area contributed by atoms with Crippen molar-refractivity contribution in [3.05, 3.63) is 0 Å². The zero-order valence-corrected chi connectivity index (χ0v) is 11.4. The highest BCUT2D eigenvalue weighted by Gasteiger charge is 2.15. The lowest BCUT2D eigenvalue weighted by Gasteiger charge is -2.21. The van der Waals surface area contributed by atoms with Crippen LogP contribution in [0.3, 0.4) is 0 Å². The Morgan fingerprint density at radius 1 is 1.36 bits per heavy atom. The number of hydrogen-bond donors (Lipinski definition) is 0. The maximum absolute atomic E-state index is 2.54. The van der Waals surface area contributed by atoms with Crippen molar-refractivity contribution in [2.24, 2.45) is 0 Å². The molecule has 0 heterocycles. The molecule has 1 atom stereocenters. The topological polar surface area (TPSA) is 0 Å². The standard InChI is InChI=1S/C9H20IP/c1-8(11(4)5)6-7-9(2,3)10/h8H,6-7H2,1-5H3. The monoisotopic (exact) mass is 286 g/mol. The van der Waals surface area contributed by atoms with E-state index in [1.807, 2.05) is 0 Å². The van der Waals surface area contributed by atoms with Gasteiger partial charge in [0.15, 0.2) is 0 Å². The maximum Gasteiger partial charge on any atom is 0.0166 e. The molecule has 0 bridgehead atoms. The molecule has 0 rings (SSSR count). The van der Waals surface area contributed by atoms with E-state index in [9.17, 15) is 0 Å². The molecule has 0 aliphatic rings. The number of hydrogen-bond acceptors (Lipinski definition) is 0. The van der Waals surface area contributed by atoms with Gasteiger partial charge in [-0.3, -0.25) is 0 Å². The van der Waals surface area contributed by atoms with Crippen molar-refractivity contribution in [2.45, 2.75) is 42.7 Å². The molecule has 2 heteroatoms. The summed E-state index contributed by atoms with van der Waals surface area (Å²) in [6, 6.07) is 0. The Kier molecular flexibility index (Phi) is 5.54. The van der Waals surface area contributed by atoms with Crippen LogP contribution < -0.4 is 0 Å². The summed E-state index contributed by atoms with van der Waals surface area (Å²) in [6.45, 7) is 11.8. The molecule has 0 saturated heterocycles. The van der Waals surface area contributed by atoms with E-state index in [4.69, 9.17) is 0 Å². The second kappa shape index (κ2) is 5.01. The quantitative estimate of drug-likeness (QED) is 0.414. The highest BCUT2D eigenvalue weighted by atomic mass is 127. The van der Waals surface area contributed by atoms with Gasteiger partial charge in [-0.15, -0.1) is 7.92 Å². The molecule has 0 aromatic heterocycles. The molecule has 0 nitrogen and oxygen atoms in total. The van der Waals surface area contributed by atoms with E-state index in [0.717, 1.165) is 5.66 Å². The summed E-state index contributed by atoms with van der Waals surface area (Å²) in [7, 11) is 0.282. The lowest BCUT2D eigenvalue weighted by Crippen LogP contribution is -2.12. The lowest BCUT2D eigenvalue weighted by molar-refractivity contribution is 0.621. The van der Waals surface area contributed by atoms with E-state index in [1.54, 1.807) is 0 Å². The fourth-order valence-electron chi connectivity index (χ4n) is 0.810. The van der Waals surface area contributed by atoms with Crippen LogP contribution in [-0.4, -0.2) is 22.4 Å². The van der Waals surface area contributed by atoms with Crippen molar-refractivity contribution in [3.8, 4) is 0 Å². The zero-order chi connectivity index (χ0) is 9.07. The third-order valence-electron chi connectivity index (χ3n) is 2.04. The van der Waals surface area contributed by atoms with Crippen molar-refractivity contribution in [3.63, 3.8) is 0 Å². The molecule has 0 aliphatic carbocycles. The second-order valence-electron chi connectivity index (χ2n) is 4.07. The van der Waals surface area contributed by atoms with Crippen molar-refractivity contribution in [2.75, 3.05) is 13.3 Å². The summed E-state index contributed by atoms with van der Waals surface area (Å²) in [4.78, 5) is 0. The van der Waals surface area contributed by atoms with E-state index in [2.05, 4.69) is 56.7 Å². The molecule has 0 fully saturated rings. The first-order chi connectivity index (χ1) is 4.83. The smallest absolute Gasteiger partial charge is 0.0166 e. The Morgan fingerprint density at radius 2 is 1.82 bits per heavy atom. The van der Waals surface area contributed by atoms with E-state index < -0.39 is 0 Å². The SMILES string of the molecule is CC(CCC(C)(C)I)P(C)C. The normalized spacial score (nSPS) is 15.5. The number of alkyl halides is 1. The van der Waals surface area contributed by atoms with Crippen molar-refractivity contribution in [1.29, 1.82) is 0 Å². The number of halogens is 1. The van der Waals surface area contributed by atoms with Crippen LogP contribution in [0.1, 0.15) is 33.6 Å². The minimum absolute atomic E-state index is 0.282. The largest absolute Gasteiger partial charge is 0.110 e. The molecule has 0 aliphatic heterocycles. The van der Waals surface area contributed by atoms with Crippen LogP contribution in [0.5, 0.6) is 0 Å². The third kappa shape index (κ3) is 7.52. The molecule has 0 amide bonds. The molecule has 0 spiro atoms. The van der Waals surface area contributed by atoms with Crippen LogP contribution in [0, 0.1) is 0 Å². The molecule has 0 radical (unpaired) electrons. The molecule has 0 aromatic rings. The van der Waals surface area contributed by atoms with E-state index in [-0.39, 0.29) is 7.92 Å². The zero-order valence-electron chi connectivity index (χ0n) is 8.32. The summed E-state index contributed by atoms with van der Waals surface area (Å²) in [5, 5.41) is 0. The average Bonchev–Trinajstić information content (AvgIpc) is 1.80. The van der Waals surface area contributed by atoms with Gasteiger partial charge in [0.05, 0.1) is 0 Å². The molecule has 1 unspecified atom stereocenters. The highest BCUT2D eigenvalue weighted by Crippen LogP contribution is 2.37. The van der Waals surface area contributed by atoms with Gasteiger partial charge in [0, 0.05) is 3.42 Å². The van der Waals surface area contributed by atoms with E-state index in [1.165, 1.54) is 12.8 Å². The lowest BCUT2D eigenvalue weighted by atomic mass is 10.1. The summed E-state index contributed by atoms with van der Waals surface area (Å²) in [5.41, 5.74) is 0.944. The summed E-state index contributed by atoms with van der Waals surface area (Å²) in [5.74, 6) is 0. The van der Waals surface area contributed by atoms with Gasteiger partial charge >= 0.3 is 0 Å². The first kappa shape index (κ1) is 12.2. The molecular weight excluding hydrogens is 266 g/mol. The van der Waals surface area contributed by atoms with Crippen LogP contribution >= 0.6 is 30.5 Å². The predicted molar refractivity (Wildman–Crippen MR) is 65.6 cm³/mol. The van der Waals surface area contributed by atoms with Crippen molar-refractivity contribution < 1.29 is 0 Å². The predicted octanol–water partition coefficient (Wildman–Crippen LogP) is 4.11. The van der Waals surface area contributed by atoms with Gasteiger partial charge in [-0.25, -0.2) is 0 Å². The molecule has 0 saturated carbocycles. The minimum atomic E-state index is 0.282. The van der Waals surface area contributed by atoms with Gasteiger partial charge in [0.2, 0.25) is 0 Å². The Hall–Kier alpha value is 1.16. The van der Waals surface area contributed by atoms with Gasteiger partial charge in [-0.2, -0.15) is 0 Å². The van der Waals surface area contributed by atoms with E-state index in [0.29, 0.717) is 3.42 Å². The van der Waals surface area contributed by atoms with Gasteiger partial charge in [0.25, 0.3) is 0 Å².